The Kier molecular flexibility index (Phi) is 11.7. The Labute approximate surface area is 319 Å². The Morgan fingerprint density at radius 3 is 2.04 bits per heavy atom. The van der Waals surface area contributed by atoms with Crippen LogP contribution in [0.1, 0.15) is 83.7 Å². The molecule has 8 bridgehead atoms. The number of carbonyl (C=O) groups excluding carboxylic acids is 1. The summed E-state index contributed by atoms with van der Waals surface area (Å²) in [6, 6.07) is 17.2. The van der Waals surface area contributed by atoms with Gasteiger partial charge in [0.15, 0.2) is 0 Å². The van der Waals surface area contributed by atoms with Crippen molar-refractivity contribution in [2.45, 2.75) is 66.3 Å². The van der Waals surface area contributed by atoms with Crippen LogP contribution in [0.2, 0.25) is 0 Å². The third kappa shape index (κ3) is 7.80. The predicted octanol–water partition coefficient (Wildman–Crippen LogP) is 7.46. The molecule has 0 saturated carbocycles. The van der Waals surface area contributed by atoms with Crippen molar-refractivity contribution in [3.8, 4) is 0 Å². The van der Waals surface area contributed by atoms with Crippen LogP contribution in [-0.4, -0.2) is 32.9 Å². The number of fused-ring (bicyclic) bond motifs is 8. The van der Waals surface area contributed by atoms with Crippen LogP contribution in [0.25, 0.3) is 50.4 Å². The Morgan fingerprint density at radius 1 is 0.755 bits per heavy atom. The maximum atomic E-state index is 13.9. The average molecular weight is 750 g/mol. The van der Waals surface area contributed by atoms with E-state index >= 15 is 0 Å². The van der Waals surface area contributed by atoms with Crippen molar-refractivity contribution >= 4 is 68.2 Å². The molecular formula is C43H41FeN4O5+3. The van der Waals surface area contributed by atoms with E-state index in [9.17, 15) is 24.6 Å². The average Bonchev–Trinajstić information content (AvgIpc) is 3.75. The number of ketones is 1. The number of allylic oxidation sites excluding steroid dienone is 5. The zero-order valence-corrected chi connectivity index (χ0v) is 31.4. The largest absolute Gasteiger partial charge is 4.00 e. The van der Waals surface area contributed by atoms with Crippen LogP contribution < -0.4 is 14.5 Å². The number of rotatable bonds is 12. The Balaban J connectivity index is 0.00000541. The van der Waals surface area contributed by atoms with Gasteiger partial charge in [0.05, 0.1) is 11.4 Å². The van der Waals surface area contributed by atoms with Crippen LogP contribution in [0.3, 0.4) is 0 Å². The normalized spacial score (nSPS) is 12.5. The molecule has 2 aliphatic heterocycles. The number of hydrogen-bond acceptors (Lipinski definition) is 4. The molecule has 0 radical (unpaired) electrons. The van der Waals surface area contributed by atoms with Crippen molar-refractivity contribution in [3.63, 3.8) is 0 Å². The number of aromatic nitrogens is 4. The third-order valence-electron chi connectivity index (χ3n) is 9.98. The zero-order chi connectivity index (χ0) is 37.3. The standard InChI is InChI=1S/C43H42N4O5.Fe/c1-7-30-24(3)34-19-35-26(5)32(14-16-42(49)50)39(46-35)22-41-33(15-17-43(51)52)27(6)40(47(41)23-29(48)18-28-12-10-9-11-13-28)21-38-31(8-2)25(4)36(45-38)20-37(30)44-34;/h7-13,19-22H,1-2,14-18,23H2,3-6H3,(H3,44,45,46,49,50,51,52);/q;+4/p-1. The summed E-state index contributed by atoms with van der Waals surface area (Å²) in [5.41, 5.74) is 13.0. The summed E-state index contributed by atoms with van der Waals surface area (Å²) >= 11 is 0. The van der Waals surface area contributed by atoms with E-state index < -0.39 is 11.9 Å². The molecule has 6 rings (SSSR count). The van der Waals surface area contributed by atoms with Crippen LogP contribution in [0.4, 0.5) is 0 Å². The van der Waals surface area contributed by atoms with Gasteiger partial charge in [-0.05, 0) is 69.4 Å². The Morgan fingerprint density at radius 2 is 1.38 bits per heavy atom. The molecule has 0 aliphatic carbocycles. The topological polar surface area (TPSA) is 137 Å². The van der Waals surface area contributed by atoms with Crippen molar-refractivity contribution in [1.82, 2.24) is 15.0 Å². The number of benzene rings is 1. The van der Waals surface area contributed by atoms with Crippen LogP contribution in [0.5, 0.6) is 0 Å². The first-order valence-electron chi connectivity index (χ1n) is 17.3. The van der Waals surface area contributed by atoms with Crippen LogP contribution in [0, 0.1) is 13.8 Å². The molecule has 268 valence electrons. The third-order valence-corrected chi connectivity index (χ3v) is 9.98. The minimum Gasteiger partial charge on any atom is -0.657 e. The predicted molar refractivity (Wildman–Crippen MR) is 204 cm³/mol. The van der Waals surface area contributed by atoms with Gasteiger partial charge in [0.1, 0.15) is 0 Å². The molecule has 0 saturated heterocycles. The zero-order valence-electron chi connectivity index (χ0n) is 30.3. The molecule has 5 heterocycles. The summed E-state index contributed by atoms with van der Waals surface area (Å²) in [6.07, 6.45) is 3.98. The summed E-state index contributed by atoms with van der Waals surface area (Å²) in [6.45, 7) is 16.0. The number of aryl methyl sites for hydroxylation is 3. The molecule has 0 fully saturated rings. The molecule has 2 aliphatic rings. The fourth-order valence-corrected chi connectivity index (χ4v) is 7.14. The molecule has 4 aromatic rings. The molecule has 0 atom stereocenters. The van der Waals surface area contributed by atoms with E-state index in [4.69, 9.17) is 15.0 Å². The second kappa shape index (κ2) is 16.0. The van der Waals surface area contributed by atoms with Gasteiger partial charge in [0, 0.05) is 36.0 Å². The van der Waals surface area contributed by atoms with E-state index in [2.05, 4.69) is 13.2 Å². The van der Waals surface area contributed by atoms with E-state index in [0.717, 1.165) is 55.6 Å². The fraction of sp³-hybridized carbons (Fsp3) is 0.233. The maximum absolute atomic E-state index is 13.9. The van der Waals surface area contributed by atoms with Crippen molar-refractivity contribution in [2.24, 2.45) is 0 Å². The number of aliphatic carboxylic acids is 2. The fourth-order valence-electron chi connectivity index (χ4n) is 7.14. The minimum atomic E-state index is -0.943. The van der Waals surface area contributed by atoms with Crippen molar-refractivity contribution in [1.29, 1.82) is 0 Å². The van der Waals surface area contributed by atoms with Crippen LogP contribution in [0.15, 0.2) is 73.8 Å². The molecular weight excluding hydrogens is 708 g/mol. The van der Waals surface area contributed by atoms with Gasteiger partial charge in [0.25, 0.3) is 0 Å². The van der Waals surface area contributed by atoms with E-state index in [1.165, 1.54) is 0 Å². The first-order valence-corrected chi connectivity index (χ1v) is 17.3. The van der Waals surface area contributed by atoms with Gasteiger partial charge in [-0.3, -0.25) is 14.4 Å². The van der Waals surface area contributed by atoms with Gasteiger partial charge in [-0.25, -0.2) is 4.98 Å². The minimum absolute atomic E-state index is 0. The van der Waals surface area contributed by atoms with Gasteiger partial charge in [-0.15, -0.1) is 22.1 Å². The molecule has 2 N–H and O–H groups in total. The molecule has 3 aromatic heterocycles. The molecule has 0 amide bonds. The van der Waals surface area contributed by atoms with E-state index in [1.54, 1.807) is 12.2 Å². The molecule has 9 nitrogen and oxygen atoms in total. The van der Waals surface area contributed by atoms with Gasteiger partial charge in [0.2, 0.25) is 23.7 Å². The number of carboxylic acids is 2. The van der Waals surface area contributed by atoms with E-state index in [-0.39, 0.29) is 61.5 Å². The summed E-state index contributed by atoms with van der Waals surface area (Å²) in [5.74, 6) is -1.91. The van der Waals surface area contributed by atoms with Gasteiger partial charge in [-0.2, -0.15) is 4.57 Å². The number of hydrogen-bond donors (Lipinski definition) is 2. The number of nitrogens with zero attached hydrogens (tertiary/aromatic N) is 4. The van der Waals surface area contributed by atoms with Crippen molar-refractivity contribution in [3.05, 3.63) is 124 Å². The van der Waals surface area contributed by atoms with Crippen molar-refractivity contribution in [2.75, 3.05) is 0 Å². The summed E-state index contributed by atoms with van der Waals surface area (Å²) in [5, 5.41) is 19.5. The molecule has 10 heteroatoms. The second-order valence-electron chi connectivity index (χ2n) is 13.3. The molecule has 1 aromatic carbocycles. The van der Waals surface area contributed by atoms with E-state index in [1.807, 2.05) is 86.9 Å². The van der Waals surface area contributed by atoms with Gasteiger partial charge in [-0.1, -0.05) is 84.5 Å². The second-order valence-corrected chi connectivity index (χ2v) is 13.3. The van der Waals surface area contributed by atoms with E-state index in [0.29, 0.717) is 39.3 Å². The van der Waals surface area contributed by atoms with Crippen molar-refractivity contribution < 1.29 is 46.2 Å². The smallest absolute Gasteiger partial charge is 0.657 e. The van der Waals surface area contributed by atoms with Gasteiger partial charge >= 0.3 is 29.0 Å². The number of carbonyl (C=O) groups is 3. The molecule has 0 unspecified atom stereocenters. The summed E-state index contributed by atoms with van der Waals surface area (Å²) in [7, 11) is 0. The summed E-state index contributed by atoms with van der Waals surface area (Å²) < 4.78 is 1.93. The monoisotopic (exact) mass is 749 g/mol. The molecule has 53 heavy (non-hydrogen) atoms. The first-order chi connectivity index (χ1) is 24.9. The first kappa shape index (κ1) is 38.7. The maximum Gasteiger partial charge on any atom is 4.00 e. The number of carboxylic acid groups (broad SMARTS) is 2. The molecule has 0 spiro atoms. The summed E-state index contributed by atoms with van der Waals surface area (Å²) in [4.78, 5) is 52.7. The SMILES string of the molecule is C=CC1=C(C)c2cc3[n-]c(cc4[n+](CC(=O)Cc5ccccc5)c(cc5[n-]c(cc1n2)c(C)c5C=C)C(C)=C4CCC(=O)O)c(CCC(=O)O)c3C.[Fe+4]. The number of Topliss-reactive ketones (excluding diaryl/α,β-unsaturated/α-hetero) is 1. The van der Waals surface area contributed by atoms with Gasteiger partial charge < -0.3 is 20.2 Å². The Bertz CT molecular complexity index is 2410. The van der Waals surface area contributed by atoms with Crippen LogP contribution >= 0.6 is 0 Å². The Hall–Kier alpha value is -5.57. The quantitative estimate of drug-likeness (QED) is 0.113. The van der Waals surface area contributed by atoms with Crippen LogP contribution in [-0.2, 0) is 50.8 Å².